The lowest BCUT2D eigenvalue weighted by atomic mass is 9.87. The molecule has 2 heteroatoms. The van der Waals surface area contributed by atoms with Crippen molar-refractivity contribution in [1.29, 1.82) is 0 Å². The maximum absolute atomic E-state index is 5.65. The maximum atomic E-state index is 5.65. The van der Waals surface area contributed by atoms with Gasteiger partial charge in [-0.2, -0.15) is 0 Å². The molecule has 80 valence electrons. The van der Waals surface area contributed by atoms with E-state index in [1.807, 2.05) is 0 Å². The molecule has 2 rings (SSSR count). The minimum Gasteiger partial charge on any atom is -0.326 e. The van der Waals surface area contributed by atoms with Crippen LogP contribution in [-0.2, 0) is 12.0 Å². The topological polar surface area (TPSA) is 26.0 Å². The molecule has 2 aromatic rings. The van der Waals surface area contributed by atoms with E-state index in [2.05, 4.69) is 45.0 Å². The van der Waals surface area contributed by atoms with Gasteiger partial charge in [-0.15, -0.1) is 11.3 Å². The van der Waals surface area contributed by atoms with E-state index in [1.165, 1.54) is 20.5 Å². The van der Waals surface area contributed by atoms with E-state index in [9.17, 15) is 0 Å². The predicted molar refractivity (Wildman–Crippen MR) is 68.4 cm³/mol. The molecule has 0 saturated heterocycles. The summed E-state index contributed by atoms with van der Waals surface area (Å²) in [7, 11) is 0. The van der Waals surface area contributed by atoms with Gasteiger partial charge in [-0.3, -0.25) is 0 Å². The summed E-state index contributed by atoms with van der Waals surface area (Å²) >= 11 is 1.79. The quantitative estimate of drug-likeness (QED) is 0.778. The van der Waals surface area contributed by atoms with Crippen LogP contribution in [0.25, 0.3) is 10.1 Å². The lowest BCUT2D eigenvalue weighted by Gasteiger charge is -2.18. The number of nitrogens with two attached hydrogens (primary N) is 1. The van der Waals surface area contributed by atoms with Crippen molar-refractivity contribution in [1.82, 2.24) is 0 Å². The number of hydrogen-bond donors (Lipinski definition) is 1. The predicted octanol–water partition coefficient (Wildman–Crippen LogP) is 3.66. The van der Waals surface area contributed by atoms with Crippen molar-refractivity contribution in [3.8, 4) is 0 Å². The average Bonchev–Trinajstić information content (AvgIpc) is 2.57. The van der Waals surface area contributed by atoms with Crippen LogP contribution in [0.1, 0.15) is 31.2 Å². The summed E-state index contributed by atoms with van der Waals surface area (Å²) in [6.45, 7) is 7.36. The van der Waals surface area contributed by atoms with Crippen molar-refractivity contribution in [3.05, 3.63) is 34.7 Å². The Balaban J connectivity index is 2.55. The lowest BCUT2D eigenvalue weighted by Crippen LogP contribution is -2.10. The Labute approximate surface area is 94.9 Å². The van der Waals surface area contributed by atoms with Crippen LogP contribution in [-0.4, -0.2) is 0 Å². The van der Waals surface area contributed by atoms with E-state index in [1.54, 1.807) is 11.3 Å². The Morgan fingerprint density at radius 2 is 1.93 bits per heavy atom. The van der Waals surface area contributed by atoms with Gasteiger partial charge < -0.3 is 5.73 Å². The molecule has 0 aliphatic rings. The minimum absolute atomic E-state index is 0.221. The molecule has 1 nitrogen and oxygen atoms in total. The first kappa shape index (κ1) is 10.7. The molecule has 0 atom stereocenters. The van der Waals surface area contributed by atoms with Crippen LogP contribution in [0, 0.1) is 0 Å². The molecular formula is C13H17NS. The third-order valence-corrected chi connectivity index (χ3v) is 3.77. The highest BCUT2D eigenvalue weighted by molar-refractivity contribution is 7.19. The summed E-state index contributed by atoms with van der Waals surface area (Å²) in [6.07, 6.45) is 0. The van der Waals surface area contributed by atoms with E-state index in [4.69, 9.17) is 5.73 Å². The van der Waals surface area contributed by atoms with Gasteiger partial charge in [0.15, 0.2) is 0 Å². The van der Waals surface area contributed by atoms with Gasteiger partial charge in [0.05, 0.1) is 0 Å². The van der Waals surface area contributed by atoms with E-state index in [-0.39, 0.29) is 5.41 Å². The molecule has 15 heavy (non-hydrogen) atoms. The molecule has 1 heterocycles. The van der Waals surface area contributed by atoms with Crippen molar-refractivity contribution in [2.45, 2.75) is 32.7 Å². The summed E-state index contributed by atoms with van der Waals surface area (Å²) in [5, 5.41) is 1.33. The molecular weight excluding hydrogens is 202 g/mol. The molecule has 0 aliphatic heterocycles. The van der Waals surface area contributed by atoms with Crippen molar-refractivity contribution in [2.75, 3.05) is 0 Å². The largest absolute Gasteiger partial charge is 0.326 e. The standard InChI is InChI=1S/C13H17NS/c1-13(2,3)10-4-5-12-9(6-10)7-11(8-14)15-12/h4-7H,8,14H2,1-3H3. The van der Waals surface area contributed by atoms with E-state index < -0.39 is 0 Å². The molecule has 0 spiro atoms. The van der Waals surface area contributed by atoms with Crippen LogP contribution in [0.4, 0.5) is 0 Å². The molecule has 1 aromatic carbocycles. The second-order valence-corrected chi connectivity index (χ2v) is 6.09. The Bertz CT molecular complexity index is 477. The van der Waals surface area contributed by atoms with Crippen LogP contribution in [0.2, 0.25) is 0 Å². The monoisotopic (exact) mass is 219 g/mol. The van der Waals surface area contributed by atoms with Crippen LogP contribution >= 0.6 is 11.3 Å². The van der Waals surface area contributed by atoms with Crippen LogP contribution in [0.15, 0.2) is 24.3 Å². The third-order valence-electron chi connectivity index (χ3n) is 2.63. The van der Waals surface area contributed by atoms with Gasteiger partial charge in [-0.25, -0.2) is 0 Å². The van der Waals surface area contributed by atoms with Gasteiger partial charge in [0.1, 0.15) is 0 Å². The summed E-state index contributed by atoms with van der Waals surface area (Å²) in [5.41, 5.74) is 7.25. The van der Waals surface area contributed by atoms with Crippen molar-refractivity contribution >= 4 is 21.4 Å². The normalized spacial score (nSPS) is 12.3. The zero-order chi connectivity index (χ0) is 11.1. The zero-order valence-electron chi connectivity index (χ0n) is 9.50. The molecule has 2 N–H and O–H groups in total. The number of hydrogen-bond acceptors (Lipinski definition) is 2. The van der Waals surface area contributed by atoms with Crippen molar-refractivity contribution in [2.24, 2.45) is 5.73 Å². The molecule has 0 saturated carbocycles. The number of rotatable bonds is 1. The SMILES string of the molecule is CC(C)(C)c1ccc2sc(CN)cc2c1. The van der Waals surface area contributed by atoms with Gasteiger partial charge in [0.2, 0.25) is 0 Å². The Kier molecular flexibility index (Phi) is 2.57. The van der Waals surface area contributed by atoms with Gasteiger partial charge in [-0.1, -0.05) is 26.8 Å². The summed E-state index contributed by atoms with van der Waals surface area (Å²) < 4.78 is 1.34. The average molecular weight is 219 g/mol. The Morgan fingerprint density at radius 3 is 2.53 bits per heavy atom. The van der Waals surface area contributed by atoms with Crippen LogP contribution in [0.3, 0.4) is 0 Å². The molecule has 0 aliphatic carbocycles. The lowest BCUT2D eigenvalue weighted by molar-refractivity contribution is 0.591. The minimum atomic E-state index is 0.221. The van der Waals surface area contributed by atoms with Gasteiger partial charge in [0, 0.05) is 16.1 Å². The van der Waals surface area contributed by atoms with Gasteiger partial charge in [0.25, 0.3) is 0 Å². The summed E-state index contributed by atoms with van der Waals surface area (Å²) in [5.74, 6) is 0. The van der Waals surface area contributed by atoms with Crippen molar-refractivity contribution in [3.63, 3.8) is 0 Å². The van der Waals surface area contributed by atoms with E-state index >= 15 is 0 Å². The maximum Gasteiger partial charge on any atom is 0.0346 e. The van der Waals surface area contributed by atoms with Crippen molar-refractivity contribution < 1.29 is 0 Å². The first-order valence-corrected chi connectivity index (χ1v) is 6.05. The fourth-order valence-corrected chi connectivity index (χ4v) is 2.59. The molecule has 0 radical (unpaired) electrons. The first-order valence-electron chi connectivity index (χ1n) is 5.24. The van der Waals surface area contributed by atoms with E-state index in [0.29, 0.717) is 6.54 Å². The Hall–Kier alpha value is -0.860. The van der Waals surface area contributed by atoms with Gasteiger partial charge >= 0.3 is 0 Å². The van der Waals surface area contributed by atoms with Crippen LogP contribution in [0.5, 0.6) is 0 Å². The second kappa shape index (κ2) is 3.62. The highest BCUT2D eigenvalue weighted by atomic mass is 32.1. The number of fused-ring (bicyclic) bond motifs is 1. The van der Waals surface area contributed by atoms with E-state index in [0.717, 1.165) is 0 Å². The number of benzene rings is 1. The summed E-state index contributed by atoms with van der Waals surface area (Å²) in [6, 6.07) is 8.92. The smallest absolute Gasteiger partial charge is 0.0346 e. The first-order chi connectivity index (χ1) is 7.00. The Morgan fingerprint density at radius 1 is 1.20 bits per heavy atom. The molecule has 0 bridgehead atoms. The molecule has 1 aromatic heterocycles. The fraction of sp³-hybridized carbons (Fsp3) is 0.385. The molecule has 0 fully saturated rings. The second-order valence-electron chi connectivity index (χ2n) is 4.92. The van der Waals surface area contributed by atoms with Crippen LogP contribution < -0.4 is 5.73 Å². The number of thiophene rings is 1. The van der Waals surface area contributed by atoms with Gasteiger partial charge in [-0.05, 0) is 34.6 Å². The molecule has 0 unspecified atom stereocenters. The fourth-order valence-electron chi connectivity index (χ4n) is 1.67. The molecule has 0 amide bonds. The third kappa shape index (κ3) is 2.06. The zero-order valence-corrected chi connectivity index (χ0v) is 10.3. The highest BCUT2D eigenvalue weighted by Gasteiger charge is 2.14. The highest BCUT2D eigenvalue weighted by Crippen LogP contribution is 2.30. The summed E-state index contributed by atoms with van der Waals surface area (Å²) in [4.78, 5) is 1.26.